The maximum Gasteiger partial charge on any atom is 0.340 e. The van der Waals surface area contributed by atoms with Crippen LogP contribution in [0.3, 0.4) is 0 Å². The number of nitrogens with one attached hydrogen (secondary N) is 2. The molecule has 0 atom stereocenters. The molecule has 31 heavy (non-hydrogen) atoms. The summed E-state index contributed by atoms with van der Waals surface area (Å²) < 4.78 is 4.57. The van der Waals surface area contributed by atoms with Crippen molar-refractivity contribution in [1.82, 2.24) is 10.3 Å². The van der Waals surface area contributed by atoms with Crippen LogP contribution in [0.4, 0.5) is 17.1 Å². The highest BCUT2D eigenvalue weighted by Gasteiger charge is 2.11. The zero-order chi connectivity index (χ0) is 22.2. The average molecular weight is 419 g/mol. The number of anilines is 3. The molecule has 6 heteroatoms. The molecular formula is C25H30N4O2. The van der Waals surface area contributed by atoms with E-state index in [2.05, 4.69) is 81.7 Å². The van der Waals surface area contributed by atoms with Gasteiger partial charge in [-0.15, -0.1) is 0 Å². The Morgan fingerprint density at radius 2 is 1.84 bits per heavy atom. The maximum atomic E-state index is 11.1. The summed E-state index contributed by atoms with van der Waals surface area (Å²) in [7, 11) is 5.21. The van der Waals surface area contributed by atoms with Gasteiger partial charge < -0.3 is 20.3 Å². The molecule has 0 saturated heterocycles. The first-order valence-corrected chi connectivity index (χ1v) is 10.4. The van der Waals surface area contributed by atoms with Gasteiger partial charge in [0.2, 0.25) is 0 Å². The minimum absolute atomic E-state index is 0.359. The second kappa shape index (κ2) is 10.6. The van der Waals surface area contributed by atoms with Gasteiger partial charge in [-0.2, -0.15) is 0 Å². The van der Waals surface area contributed by atoms with Crippen LogP contribution in [0.2, 0.25) is 0 Å². The van der Waals surface area contributed by atoms with Gasteiger partial charge in [0.15, 0.2) is 0 Å². The smallest absolute Gasteiger partial charge is 0.340 e. The molecule has 0 saturated carbocycles. The predicted molar refractivity (Wildman–Crippen MR) is 126 cm³/mol. The van der Waals surface area contributed by atoms with Crippen molar-refractivity contribution in [3.63, 3.8) is 0 Å². The lowest BCUT2D eigenvalue weighted by Gasteiger charge is -2.23. The van der Waals surface area contributed by atoms with Crippen molar-refractivity contribution in [2.24, 2.45) is 0 Å². The van der Waals surface area contributed by atoms with Gasteiger partial charge in [0.1, 0.15) is 0 Å². The molecule has 2 heterocycles. The molecule has 1 aliphatic rings. The van der Waals surface area contributed by atoms with E-state index in [4.69, 9.17) is 0 Å². The first kappa shape index (κ1) is 22.3. The van der Waals surface area contributed by atoms with E-state index < -0.39 is 0 Å². The van der Waals surface area contributed by atoms with E-state index in [9.17, 15) is 4.79 Å². The number of aryl methyl sites for hydroxylation is 1. The van der Waals surface area contributed by atoms with E-state index in [0.29, 0.717) is 11.3 Å². The zero-order valence-electron chi connectivity index (χ0n) is 18.6. The lowest BCUT2D eigenvalue weighted by molar-refractivity contribution is 0.0601. The standard InChI is InChI=1S/C17H20N2.C8H10N2O2/c1-13-3-6-16(7-4-13)19(2)17-8-5-15-12-18-10-9-14(15)11-17;1-9-7-5-10-4-3-6(7)8(11)12-2/h3-8,11,18H,9-10,12H2,1-2H3;3-5,9H,1-2H3. The highest BCUT2D eigenvalue weighted by atomic mass is 16.5. The van der Waals surface area contributed by atoms with Crippen LogP contribution >= 0.6 is 0 Å². The van der Waals surface area contributed by atoms with Crippen molar-refractivity contribution >= 4 is 23.0 Å². The third kappa shape index (κ3) is 5.61. The molecule has 4 rings (SSSR count). The Kier molecular flexibility index (Phi) is 7.62. The van der Waals surface area contributed by atoms with Crippen LogP contribution in [0.15, 0.2) is 60.9 Å². The third-order valence-electron chi connectivity index (χ3n) is 5.38. The van der Waals surface area contributed by atoms with Crippen LogP contribution in [0.1, 0.15) is 27.0 Å². The number of benzene rings is 2. The molecule has 0 aliphatic carbocycles. The number of fused-ring (bicyclic) bond motifs is 1. The van der Waals surface area contributed by atoms with Crippen molar-refractivity contribution in [2.45, 2.75) is 19.9 Å². The number of carbonyl (C=O) groups excluding carboxylic acids is 1. The van der Waals surface area contributed by atoms with Crippen LogP contribution in [-0.4, -0.2) is 38.7 Å². The Balaban J connectivity index is 0.000000196. The molecule has 1 aliphatic heterocycles. The fourth-order valence-electron chi connectivity index (χ4n) is 3.47. The number of rotatable bonds is 4. The van der Waals surface area contributed by atoms with E-state index in [-0.39, 0.29) is 5.97 Å². The number of nitrogens with zero attached hydrogens (tertiary/aromatic N) is 2. The molecule has 162 valence electrons. The highest BCUT2D eigenvalue weighted by molar-refractivity contribution is 5.95. The Bertz CT molecular complexity index is 1020. The minimum Gasteiger partial charge on any atom is -0.465 e. The molecule has 0 amide bonds. The lowest BCUT2D eigenvalue weighted by Crippen LogP contribution is -2.23. The topological polar surface area (TPSA) is 66.5 Å². The van der Waals surface area contributed by atoms with E-state index in [1.807, 2.05) is 0 Å². The third-order valence-corrected chi connectivity index (χ3v) is 5.38. The molecule has 2 aromatic carbocycles. The molecule has 0 spiro atoms. The molecule has 0 fully saturated rings. The second-order valence-corrected chi connectivity index (χ2v) is 7.44. The predicted octanol–water partition coefficient (Wildman–Crippen LogP) is 4.32. The van der Waals surface area contributed by atoms with Gasteiger partial charge in [-0.3, -0.25) is 4.98 Å². The number of carbonyl (C=O) groups is 1. The maximum absolute atomic E-state index is 11.1. The molecule has 1 aromatic heterocycles. The Morgan fingerprint density at radius 3 is 2.55 bits per heavy atom. The van der Waals surface area contributed by atoms with Gasteiger partial charge in [0.25, 0.3) is 0 Å². The Morgan fingerprint density at radius 1 is 1.10 bits per heavy atom. The fraction of sp³-hybridized carbons (Fsp3) is 0.280. The normalized spacial score (nSPS) is 12.1. The number of hydrogen-bond donors (Lipinski definition) is 2. The van der Waals surface area contributed by atoms with Crippen molar-refractivity contribution < 1.29 is 9.53 Å². The summed E-state index contributed by atoms with van der Waals surface area (Å²) in [6.45, 7) is 4.21. The summed E-state index contributed by atoms with van der Waals surface area (Å²) >= 11 is 0. The summed E-state index contributed by atoms with van der Waals surface area (Å²) in [6, 6.07) is 17.1. The van der Waals surface area contributed by atoms with Crippen LogP contribution in [0, 0.1) is 6.92 Å². The highest BCUT2D eigenvalue weighted by Crippen LogP contribution is 2.27. The molecular weight excluding hydrogens is 388 g/mol. The number of esters is 1. The molecule has 0 bridgehead atoms. The number of aromatic nitrogens is 1. The monoisotopic (exact) mass is 418 g/mol. The van der Waals surface area contributed by atoms with E-state index in [1.54, 1.807) is 25.5 Å². The largest absolute Gasteiger partial charge is 0.465 e. The first-order valence-electron chi connectivity index (χ1n) is 10.4. The van der Waals surface area contributed by atoms with Gasteiger partial charge in [0, 0.05) is 38.2 Å². The van der Waals surface area contributed by atoms with Crippen molar-refractivity contribution in [2.75, 3.05) is 38.0 Å². The summed E-state index contributed by atoms with van der Waals surface area (Å²) in [5.41, 5.74) is 7.89. The Labute approximate surface area is 184 Å². The fourth-order valence-corrected chi connectivity index (χ4v) is 3.47. The molecule has 2 N–H and O–H groups in total. The summed E-state index contributed by atoms with van der Waals surface area (Å²) in [5, 5.41) is 6.26. The van der Waals surface area contributed by atoms with E-state index in [1.165, 1.54) is 35.2 Å². The first-order chi connectivity index (χ1) is 15.0. The van der Waals surface area contributed by atoms with Crippen molar-refractivity contribution in [3.05, 3.63) is 83.2 Å². The van der Waals surface area contributed by atoms with Crippen molar-refractivity contribution in [3.8, 4) is 0 Å². The zero-order valence-corrected chi connectivity index (χ0v) is 18.6. The number of ether oxygens (including phenoxy) is 1. The van der Waals surface area contributed by atoms with Crippen LogP contribution in [0.5, 0.6) is 0 Å². The summed E-state index contributed by atoms with van der Waals surface area (Å²) in [5.74, 6) is -0.359. The molecule has 3 aromatic rings. The van der Waals surface area contributed by atoms with Crippen molar-refractivity contribution in [1.29, 1.82) is 0 Å². The van der Waals surface area contributed by atoms with Gasteiger partial charge in [-0.1, -0.05) is 23.8 Å². The van der Waals surface area contributed by atoms with E-state index >= 15 is 0 Å². The van der Waals surface area contributed by atoms with Gasteiger partial charge in [0.05, 0.1) is 24.6 Å². The van der Waals surface area contributed by atoms with Gasteiger partial charge in [-0.05, 0) is 61.3 Å². The van der Waals surface area contributed by atoms with Crippen LogP contribution in [-0.2, 0) is 17.7 Å². The average Bonchev–Trinajstić information content (AvgIpc) is 2.83. The van der Waals surface area contributed by atoms with Gasteiger partial charge in [-0.25, -0.2) is 4.79 Å². The van der Waals surface area contributed by atoms with Gasteiger partial charge >= 0.3 is 5.97 Å². The lowest BCUT2D eigenvalue weighted by atomic mass is 10.00. The summed E-state index contributed by atoms with van der Waals surface area (Å²) in [6.07, 6.45) is 4.25. The molecule has 0 unspecified atom stereocenters. The van der Waals surface area contributed by atoms with Crippen LogP contribution in [0.25, 0.3) is 0 Å². The van der Waals surface area contributed by atoms with Crippen LogP contribution < -0.4 is 15.5 Å². The SMILES string of the molecule is CNc1cnccc1C(=O)OC.Cc1ccc(N(C)c2ccc3c(c2)CCNC3)cc1. The Hall–Kier alpha value is -3.38. The number of hydrogen-bond acceptors (Lipinski definition) is 6. The summed E-state index contributed by atoms with van der Waals surface area (Å²) in [4.78, 5) is 17.2. The quantitative estimate of drug-likeness (QED) is 0.615. The van der Waals surface area contributed by atoms with E-state index in [0.717, 1.165) is 19.5 Å². The number of methoxy groups -OCH3 is 1. The molecule has 0 radical (unpaired) electrons. The molecule has 6 nitrogen and oxygen atoms in total. The second-order valence-electron chi connectivity index (χ2n) is 7.44. The minimum atomic E-state index is -0.359. The number of pyridine rings is 1.